The molecule has 0 heterocycles. The van der Waals surface area contributed by atoms with Gasteiger partial charge in [0.05, 0.1) is 5.56 Å². The zero-order chi connectivity index (χ0) is 13.9. The lowest BCUT2D eigenvalue weighted by atomic mass is 9.98. The van der Waals surface area contributed by atoms with Crippen LogP contribution in [0.5, 0.6) is 0 Å². The molecule has 3 heteroatoms. The number of carbonyl (C=O) groups excluding carboxylic acids is 2. The third kappa shape index (κ3) is 2.62. The molecule has 0 unspecified atom stereocenters. The topological polar surface area (TPSA) is 46.2 Å². The van der Waals surface area contributed by atoms with Gasteiger partial charge in [0, 0.05) is 17.2 Å². The van der Waals surface area contributed by atoms with Gasteiger partial charge in [0.25, 0.3) is 5.91 Å². The molecule has 0 radical (unpaired) electrons. The van der Waals surface area contributed by atoms with Crippen LogP contribution in [0.2, 0.25) is 0 Å². The molecule has 1 N–H and O–H groups in total. The maximum Gasteiger partial charge on any atom is 0.252 e. The molecule has 3 nitrogen and oxygen atoms in total. The quantitative estimate of drug-likeness (QED) is 0.864. The van der Waals surface area contributed by atoms with E-state index in [1.807, 2.05) is 18.2 Å². The fourth-order valence-corrected chi connectivity index (χ4v) is 2.11. The molecule has 1 fully saturated rings. The van der Waals surface area contributed by atoms with Crippen molar-refractivity contribution in [3.8, 4) is 0 Å². The number of amides is 1. The first-order valence-corrected chi connectivity index (χ1v) is 6.75. The van der Waals surface area contributed by atoms with Gasteiger partial charge in [0.2, 0.25) is 0 Å². The Kier molecular flexibility index (Phi) is 3.33. The van der Waals surface area contributed by atoms with Gasteiger partial charge < -0.3 is 5.32 Å². The Hall–Kier alpha value is -2.42. The molecule has 1 aliphatic carbocycles. The van der Waals surface area contributed by atoms with Gasteiger partial charge in [-0.1, -0.05) is 48.5 Å². The van der Waals surface area contributed by atoms with Gasteiger partial charge >= 0.3 is 0 Å². The summed E-state index contributed by atoms with van der Waals surface area (Å²) in [6.45, 7) is 0. The minimum Gasteiger partial charge on any atom is -0.349 e. The standard InChI is InChI=1S/C17H15NO2/c19-16(12-6-2-1-3-7-12)14-8-4-5-9-15(14)17(20)18-13-10-11-13/h1-9,13H,10-11H2,(H,18,20). The van der Waals surface area contributed by atoms with Crippen LogP contribution in [-0.2, 0) is 0 Å². The summed E-state index contributed by atoms with van der Waals surface area (Å²) in [5.74, 6) is -0.278. The molecule has 2 aromatic rings. The number of nitrogens with one attached hydrogen (secondary N) is 1. The van der Waals surface area contributed by atoms with Gasteiger partial charge in [-0.05, 0) is 18.9 Å². The van der Waals surface area contributed by atoms with Gasteiger partial charge in [-0.15, -0.1) is 0 Å². The second-order valence-electron chi connectivity index (χ2n) is 4.99. The SMILES string of the molecule is O=C(NC1CC1)c1ccccc1C(=O)c1ccccc1. The zero-order valence-corrected chi connectivity index (χ0v) is 11.0. The summed E-state index contributed by atoms with van der Waals surface area (Å²) >= 11 is 0. The van der Waals surface area contributed by atoms with Crippen molar-refractivity contribution < 1.29 is 9.59 Å². The number of carbonyl (C=O) groups is 2. The van der Waals surface area contributed by atoms with Crippen LogP contribution in [0.25, 0.3) is 0 Å². The molecule has 0 bridgehead atoms. The summed E-state index contributed by atoms with van der Waals surface area (Å²) in [7, 11) is 0. The lowest BCUT2D eigenvalue weighted by molar-refractivity contribution is 0.0939. The summed E-state index contributed by atoms with van der Waals surface area (Å²) in [5.41, 5.74) is 1.50. The Morgan fingerprint density at radius 3 is 2.10 bits per heavy atom. The normalized spacial score (nSPS) is 13.8. The molecule has 0 spiro atoms. The largest absolute Gasteiger partial charge is 0.349 e. The average molecular weight is 265 g/mol. The molecule has 100 valence electrons. The van der Waals surface area contributed by atoms with Crippen LogP contribution in [0.4, 0.5) is 0 Å². The van der Waals surface area contributed by atoms with Gasteiger partial charge in [-0.3, -0.25) is 9.59 Å². The van der Waals surface area contributed by atoms with Crippen LogP contribution in [-0.4, -0.2) is 17.7 Å². The van der Waals surface area contributed by atoms with E-state index in [-0.39, 0.29) is 17.7 Å². The number of hydrogen-bond acceptors (Lipinski definition) is 2. The number of benzene rings is 2. The average Bonchev–Trinajstić information content (AvgIpc) is 3.31. The second-order valence-corrected chi connectivity index (χ2v) is 4.99. The van der Waals surface area contributed by atoms with Crippen molar-refractivity contribution in [1.29, 1.82) is 0 Å². The van der Waals surface area contributed by atoms with E-state index in [0.717, 1.165) is 12.8 Å². The zero-order valence-electron chi connectivity index (χ0n) is 11.0. The predicted molar refractivity (Wildman–Crippen MR) is 76.8 cm³/mol. The Balaban J connectivity index is 1.92. The molecular formula is C17H15NO2. The van der Waals surface area contributed by atoms with Crippen LogP contribution in [0.1, 0.15) is 39.1 Å². The minimum absolute atomic E-state index is 0.118. The van der Waals surface area contributed by atoms with Crippen LogP contribution >= 0.6 is 0 Å². The van der Waals surface area contributed by atoms with Crippen LogP contribution in [0, 0.1) is 0 Å². The lowest BCUT2D eigenvalue weighted by Crippen LogP contribution is -2.27. The van der Waals surface area contributed by atoms with E-state index in [9.17, 15) is 9.59 Å². The molecule has 3 rings (SSSR count). The minimum atomic E-state index is -0.160. The lowest BCUT2D eigenvalue weighted by Gasteiger charge is -2.09. The molecule has 0 saturated heterocycles. The summed E-state index contributed by atoms with van der Waals surface area (Å²) in [4.78, 5) is 24.7. The second kappa shape index (κ2) is 5.29. The molecule has 1 saturated carbocycles. The van der Waals surface area contributed by atoms with Crippen LogP contribution < -0.4 is 5.32 Å². The molecule has 1 aliphatic rings. The van der Waals surface area contributed by atoms with E-state index in [1.165, 1.54) is 0 Å². The number of ketones is 1. The molecule has 2 aromatic carbocycles. The summed E-state index contributed by atoms with van der Waals surface area (Å²) in [5, 5.41) is 2.93. The first-order chi connectivity index (χ1) is 9.75. The first-order valence-electron chi connectivity index (χ1n) is 6.75. The molecular weight excluding hydrogens is 250 g/mol. The van der Waals surface area contributed by atoms with Gasteiger partial charge in [0.15, 0.2) is 5.78 Å². The molecule has 1 amide bonds. The Morgan fingerprint density at radius 2 is 1.45 bits per heavy atom. The summed E-state index contributed by atoms with van der Waals surface area (Å²) < 4.78 is 0. The monoisotopic (exact) mass is 265 g/mol. The third-order valence-corrected chi connectivity index (χ3v) is 3.36. The highest BCUT2D eigenvalue weighted by Crippen LogP contribution is 2.21. The predicted octanol–water partition coefficient (Wildman–Crippen LogP) is 2.81. The van der Waals surface area contributed by atoms with Gasteiger partial charge in [0.1, 0.15) is 0 Å². The van der Waals surface area contributed by atoms with Crippen molar-refractivity contribution >= 4 is 11.7 Å². The third-order valence-electron chi connectivity index (χ3n) is 3.36. The number of rotatable bonds is 4. The van der Waals surface area contributed by atoms with Crippen LogP contribution in [0.3, 0.4) is 0 Å². The first kappa shape index (κ1) is 12.6. The molecule has 0 atom stereocenters. The highest BCUT2D eigenvalue weighted by molar-refractivity contribution is 6.15. The van der Waals surface area contributed by atoms with E-state index >= 15 is 0 Å². The Morgan fingerprint density at radius 1 is 0.850 bits per heavy atom. The van der Waals surface area contributed by atoms with Gasteiger partial charge in [-0.25, -0.2) is 0 Å². The van der Waals surface area contributed by atoms with Crippen molar-refractivity contribution in [2.75, 3.05) is 0 Å². The van der Waals surface area contributed by atoms with Crippen molar-refractivity contribution in [3.63, 3.8) is 0 Å². The molecule has 20 heavy (non-hydrogen) atoms. The Labute approximate surface area is 117 Å². The van der Waals surface area contributed by atoms with Gasteiger partial charge in [-0.2, -0.15) is 0 Å². The molecule has 0 aliphatic heterocycles. The van der Waals surface area contributed by atoms with Crippen molar-refractivity contribution in [2.24, 2.45) is 0 Å². The summed E-state index contributed by atoms with van der Waals surface area (Å²) in [6.07, 6.45) is 2.06. The van der Waals surface area contributed by atoms with Crippen molar-refractivity contribution in [3.05, 3.63) is 71.3 Å². The fourth-order valence-electron chi connectivity index (χ4n) is 2.11. The van der Waals surface area contributed by atoms with E-state index < -0.39 is 0 Å². The van der Waals surface area contributed by atoms with Crippen LogP contribution in [0.15, 0.2) is 54.6 Å². The fraction of sp³-hybridized carbons (Fsp3) is 0.176. The number of hydrogen-bond donors (Lipinski definition) is 1. The van der Waals surface area contributed by atoms with E-state index in [4.69, 9.17) is 0 Å². The Bertz CT molecular complexity index is 645. The van der Waals surface area contributed by atoms with E-state index in [0.29, 0.717) is 16.7 Å². The maximum atomic E-state index is 12.5. The highest BCUT2D eigenvalue weighted by Gasteiger charge is 2.25. The van der Waals surface area contributed by atoms with Crippen molar-refractivity contribution in [1.82, 2.24) is 5.32 Å². The maximum absolute atomic E-state index is 12.5. The van der Waals surface area contributed by atoms with Crippen molar-refractivity contribution in [2.45, 2.75) is 18.9 Å². The van der Waals surface area contributed by atoms with E-state index in [1.54, 1.807) is 36.4 Å². The summed E-state index contributed by atoms with van der Waals surface area (Å²) in [6, 6.07) is 16.3. The van der Waals surface area contributed by atoms with E-state index in [2.05, 4.69) is 5.32 Å². The smallest absolute Gasteiger partial charge is 0.252 e. The molecule has 0 aromatic heterocycles. The highest BCUT2D eigenvalue weighted by atomic mass is 16.2.